The summed E-state index contributed by atoms with van der Waals surface area (Å²) in [6.07, 6.45) is 4.15. The van der Waals surface area contributed by atoms with E-state index >= 15 is 0 Å². The van der Waals surface area contributed by atoms with Crippen molar-refractivity contribution in [3.05, 3.63) is 24.4 Å². The summed E-state index contributed by atoms with van der Waals surface area (Å²) in [7, 11) is 0. The fraction of sp³-hybridized carbons (Fsp3) is 0.417. The zero-order chi connectivity index (χ0) is 10.8. The monoisotopic (exact) mass is 218 g/mol. The molecule has 1 aliphatic rings. The minimum Gasteiger partial charge on any atom is -0.492 e. The van der Waals surface area contributed by atoms with Gasteiger partial charge in [-0.3, -0.25) is 0 Å². The first-order chi connectivity index (χ1) is 7.92. The van der Waals surface area contributed by atoms with Crippen molar-refractivity contribution in [3.8, 4) is 5.75 Å². The molecule has 1 fully saturated rings. The topological polar surface area (TPSA) is 47.3 Å². The van der Waals surface area contributed by atoms with Gasteiger partial charge in [0, 0.05) is 17.5 Å². The number of hydrogen-bond acceptors (Lipinski definition) is 4. The highest BCUT2D eigenvalue weighted by molar-refractivity contribution is 5.77. The van der Waals surface area contributed by atoms with E-state index in [1.54, 1.807) is 6.20 Å². The summed E-state index contributed by atoms with van der Waals surface area (Å²) in [6.45, 7) is 1.83. The number of aromatic nitrogens is 1. The Bertz CT molecular complexity index is 475. The Morgan fingerprint density at radius 1 is 1.50 bits per heavy atom. The molecule has 1 unspecified atom stereocenters. The van der Waals surface area contributed by atoms with Gasteiger partial charge in [-0.2, -0.15) is 0 Å². The van der Waals surface area contributed by atoms with Crippen molar-refractivity contribution in [1.82, 2.24) is 10.5 Å². The van der Waals surface area contributed by atoms with E-state index in [1.807, 2.05) is 18.2 Å². The van der Waals surface area contributed by atoms with E-state index in [1.165, 1.54) is 12.8 Å². The molecule has 1 aliphatic heterocycles. The maximum atomic E-state index is 5.72. The highest BCUT2D eigenvalue weighted by Crippen LogP contribution is 2.20. The van der Waals surface area contributed by atoms with Gasteiger partial charge in [0.25, 0.3) is 0 Å². The quantitative estimate of drug-likeness (QED) is 0.855. The van der Waals surface area contributed by atoms with E-state index in [9.17, 15) is 0 Å². The zero-order valence-electron chi connectivity index (χ0n) is 8.98. The molecule has 0 saturated carbocycles. The van der Waals surface area contributed by atoms with Crippen LogP contribution in [0.5, 0.6) is 5.75 Å². The van der Waals surface area contributed by atoms with Gasteiger partial charge in [0.05, 0.1) is 6.20 Å². The molecule has 2 heterocycles. The molecule has 3 rings (SSSR count). The van der Waals surface area contributed by atoms with Crippen LogP contribution in [0, 0.1) is 0 Å². The number of benzene rings is 1. The first-order valence-corrected chi connectivity index (χ1v) is 5.62. The third-order valence-electron chi connectivity index (χ3n) is 2.94. The summed E-state index contributed by atoms with van der Waals surface area (Å²) in [5.41, 5.74) is 0.775. The summed E-state index contributed by atoms with van der Waals surface area (Å²) in [6, 6.07) is 6.29. The molecule has 0 spiro atoms. The molecule has 2 aromatic rings. The summed E-state index contributed by atoms with van der Waals surface area (Å²) < 4.78 is 10.8. The van der Waals surface area contributed by atoms with Gasteiger partial charge in [-0.15, -0.1) is 0 Å². The van der Waals surface area contributed by atoms with Gasteiger partial charge < -0.3 is 14.6 Å². The van der Waals surface area contributed by atoms with Crippen LogP contribution >= 0.6 is 0 Å². The minimum absolute atomic E-state index is 0.491. The Hall–Kier alpha value is -1.55. The van der Waals surface area contributed by atoms with Gasteiger partial charge in [-0.25, -0.2) is 0 Å². The largest absolute Gasteiger partial charge is 0.492 e. The Morgan fingerprint density at radius 2 is 2.50 bits per heavy atom. The predicted octanol–water partition coefficient (Wildman–Crippen LogP) is 1.96. The molecule has 0 aliphatic carbocycles. The Balaban J connectivity index is 1.68. The Kier molecular flexibility index (Phi) is 2.50. The van der Waals surface area contributed by atoms with E-state index in [0.717, 1.165) is 29.9 Å². The average molecular weight is 218 g/mol. The molecule has 0 radical (unpaired) electrons. The SMILES string of the molecule is c1cc2cnoc2cc1OCC1CCCN1. The minimum atomic E-state index is 0.491. The number of ether oxygens (including phenoxy) is 1. The zero-order valence-corrected chi connectivity index (χ0v) is 8.98. The molecule has 1 aromatic heterocycles. The van der Waals surface area contributed by atoms with Crippen molar-refractivity contribution < 1.29 is 9.26 Å². The van der Waals surface area contributed by atoms with E-state index < -0.39 is 0 Å². The molecule has 84 valence electrons. The molecular formula is C12H14N2O2. The van der Waals surface area contributed by atoms with Crippen LogP contribution in [0.25, 0.3) is 11.0 Å². The molecule has 4 nitrogen and oxygen atoms in total. The molecular weight excluding hydrogens is 204 g/mol. The highest BCUT2D eigenvalue weighted by atomic mass is 16.5. The fourth-order valence-electron chi connectivity index (χ4n) is 2.03. The van der Waals surface area contributed by atoms with Gasteiger partial charge >= 0.3 is 0 Å². The van der Waals surface area contributed by atoms with Crippen LogP contribution in [0.1, 0.15) is 12.8 Å². The van der Waals surface area contributed by atoms with Crippen LogP contribution in [0.15, 0.2) is 28.9 Å². The third kappa shape index (κ3) is 1.88. The molecule has 0 bridgehead atoms. The second-order valence-electron chi connectivity index (χ2n) is 4.13. The van der Waals surface area contributed by atoms with E-state index in [2.05, 4.69) is 10.5 Å². The van der Waals surface area contributed by atoms with E-state index in [-0.39, 0.29) is 0 Å². The number of hydrogen-bond donors (Lipinski definition) is 1. The molecule has 1 atom stereocenters. The van der Waals surface area contributed by atoms with Crippen molar-refractivity contribution in [1.29, 1.82) is 0 Å². The smallest absolute Gasteiger partial charge is 0.170 e. The summed E-state index contributed by atoms with van der Waals surface area (Å²) in [5.74, 6) is 0.845. The maximum absolute atomic E-state index is 5.72. The van der Waals surface area contributed by atoms with Crippen molar-refractivity contribution in [2.24, 2.45) is 0 Å². The van der Waals surface area contributed by atoms with E-state index in [0.29, 0.717) is 6.04 Å². The fourth-order valence-corrected chi connectivity index (χ4v) is 2.03. The Labute approximate surface area is 93.6 Å². The van der Waals surface area contributed by atoms with Crippen LogP contribution in [-0.2, 0) is 0 Å². The standard InChI is InChI=1S/C12H14N2O2/c1-2-10(13-5-1)8-15-11-4-3-9-7-14-16-12(9)6-11/h3-4,6-7,10,13H,1-2,5,8H2. The van der Waals surface area contributed by atoms with E-state index in [4.69, 9.17) is 9.26 Å². The lowest BCUT2D eigenvalue weighted by Crippen LogP contribution is -2.28. The lowest BCUT2D eigenvalue weighted by Gasteiger charge is -2.11. The first kappa shape index (κ1) is 9.66. The number of nitrogens with zero attached hydrogens (tertiary/aromatic N) is 1. The molecule has 4 heteroatoms. The predicted molar refractivity (Wildman–Crippen MR) is 60.5 cm³/mol. The van der Waals surface area contributed by atoms with Gasteiger partial charge in [0.15, 0.2) is 5.58 Å². The second kappa shape index (κ2) is 4.14. The van der Waals surface area contributed by atoms with Crippen LogP contribution in [0.4, 0.5) is 0 Å². The number of rotatable bonds is 3. The molecule has 1 aromatic carbocycles. The summed E-state index contributed by atoms with van der Waals surface area (Å²) >= 11 is 0. The van der Waals surface area contributed by atoms with Gasteiger partial charge in [0.2, 0.25) is 0 Å². The summed E-state index contributed by atoms with van der Waals surface area (Å²) in [4.78, 5) is 0. The molecule has 16 heavy (non-hydrogen) atoms. The molecule has 1 saturated heterocycles. The maximum Gasteiger partial charge on any atom is 0.170 e. The number of nitrogens with one attached hydrogen (secondary N) is 1. The van der Waals surface area contributed by atoms with Crippen LogP contribution in [0.3, 0.4) is 0 Å². The normalized spacial score (nSPS) is 20.4. The van der Waals surface area contributed by atoms with Gasteiger partial charge in [-0.05, 0) is 31.5 Å². The first-order valence-electron chi connectivity index (χ1n) is 5.62. The van der Waals surface area contributed by atoms with Crippen molar-refractivity contribution in [2.75, 3.05) is 13.2 Å². The van der Waals surface area contributed by atoms with Gasteiger partial charge in [-0.1, -0.05) is 5.16 Å². The van der Waals surface area contributed by atoms with Crippen molar-refractivity contribution in [2.45, 2.75) is 18.9 Å². The van der Waals surface area contributed by atoms with Crippen LogP contribution in [0.2, 0.25) is 0 Å². The third-order valence-corrected chi connectivity index (χ3v) is 2.94. The van der Waals surface area contributed by atoms with Crippen LogP contribution in [-0.4, -0.2) is 24.4 Å². The van der Waals surface area contributed by atoms with Crippen LogP contribution < -0.4 is 10.1 Å². The molecule has 1 N–H and O–H groups in total. The van der Waals surface area contributed by atoms with Crippen molar-refractivity contribution in [3.63, 3.8) is 0 Å². The number of fused-ring (bicyclic) bond motifs is 1. The lowest BCUT2D eigenvalue weighted by molar-refractivity contribution is 0.277. The highest BCUT2D eigenvalue weighted by Gasteiger charge is 2.14. The van der Waals surface area contributed by atoms with Gasteiger partial charge in [0.1, 0.15) is 12.4 Å². The summed E-state index contributed by atoms with van der Waals surface area (Å²) in [5, 5.41) is 8.14. The van der Waals surface area contributed by atoms with Crippen molar-refractivity contribution >= 4 is 11.0 Å². The Morgan fingerprint density at radius 3 is 3.38 bits per heavy atom. The second-order valence-corrected chi connectivity index (χ2v) is 4.13. The average Bonchev–Trinajstić information content (AvgIpc) is 2.97. The lowest BCUT2D eigenvalue weighted by atomic mass is 10.2. The molecule has 0 amide bonds.